The summed E-state index contributed by atoms with van der Waals surface area (Å²) in [7, 11) is 1.31. The SMILES string of the molecule is CCc1ccc2cccc(S)c2c1NCC1=C(C(=O)OC)N2C(=O)[C@H](C(C)O)C2S1. The quantitative estimate of drug-likeness (QED) is 0.360. The van der Waals surface area contributed by atoms with Crippen LogP contribution in [0.3, 0.4) is 0 Å². The second kappa shape index (κ2) is 8.17. The van der Waals surface area contributed by atoms with Gasteiger partial charge in [-0.05, 0) is 30.4 Å². The molecule has 1 saturated heterocycles. The van der Waals surface area contributed by atoms with Gasteiger partial charge in [0.25, 0.3) is 0 Å². The molecule has 0 aliphatic carbocycles. The molecule has 2 aromatic rings. The molecule has 1 fully saturated rings. The molecule has 6 nitrogen and oxygen atoms in total. The van der Waals surface area contributed by atoms with Crippen molar-refractivity contribution in [1.29, 1.82) is 0 Å². The van der Waals surface area contributed by atoms with Gasteiger partial charge in [0, 0.05) is 27.4 Å². The van der Waals surface area contributed by atoms with Crippen LogP contribution in [0.15, 0.2) is 45.8 Å². The number of aliphatic hydroxyl groups is 1. The van der Waals surface area contributed by atoms with Crippen LogP contribution in [-0.2, 0) is 20.7 Å². The van der Waals surface area contributed by atoms with Crippen LogP contribution in [0.1, 0.15) is 19.4 Å². The average Bonchev–Trinajstić information content (AvgIpc) is 3.05. The van der Waals surface area contributed by atoms with E-state index in [0.29, 0.717) is 6.54 Å². The molecule has 0 bridgehead atoms. The molecule has 2 aliphatic rings. The monoisotopic (exact) mass is 444 g/mol. The highest BCUT2D eigenvalue weighted by atomic mass is 32.2. The molecule has 3 atom stereocenters. The highest BCUT2D eigenvalue weighted by Crippen LogP contribution is 2.50. The number of aryl methyl sites for hydroxylation is 1. The molecule has 2 unspecified atom stereocenters. The van der Waals surface area contributed by atoms with Crippen LogP contribution in [0.25, 0.3) is 10.8 Å². The lowest BCUT2D eigenvalue weighted by atomic mass is 9.92. The maximum Gasteiger partial charge on any atom is 0.355 e. The van der Waals surface area contributed by atoms with E-state index in [9.17, 15) is 14.7 Å². The summed E-state index contributed by atoms with van der Waals surface area (Å²) in [5.41, 5.74) is 2.39. The standard InChI is InChI=1S/C22H24N2O4S2/c1-4-12-8-9-13-6-5-7-14(29)17(13)18(12)23-10-15-19(22(27)28-3)24-20(26)16(11(2)25)21(24)30-15/h5-9,11,16,21,23,25,29H,4,10H2,1-3H3/t11?,16-,21?/m0/s1. The molecule has 2 aliphatic heterocycles. The molecule has 2 N–H and O–H groups in total. The first-order chi connectivity index (χ1) is 14.4. The number of aliphatic hydroxyl groups excluding tert-OH is 1. The smallest absolute Gasteiger partial charge is 0.355 e. The summed E-state index contributed by atoms with van der Waals surface area (Å²) in [4.78, 5) is 28.0. The number of hydrogen-bond acceptors (Lipinski definition) is 7. The third kappa shape index (κ3) is 3.27. The summed E-state index contributed by atoms with van der Waals surface area (Å²) in [5.74, 6) is -1.29. The number of ether oxygens (including phenoxy) is 1. The number of esters is 1. The normalized spacial score (nSPS) is 21.5. The number of methoxy groups -OCH3 is 1. The van der Waals surface area contributed by atoms with E-state index in [1.54, 1.807) is 6.92 Å². The number of β-lactam (4-membered cyclic amide) rings is 1. The zero-order chi connectivity index (χ0) is 21.6. The van der Waals surface area contributed by atoms with E-state index < -0.39 is 18.0 Å². The van der Waals surface area contributed by atoms with E-state index >= 15 is 0 Å². The van der Waals surface area contributed by atoms with E-state index in [0.717, 1.165) is 38.2 Å². The van der Waals surface area contributed by atoms with Gasteiger partial charge >= 0.3 is 5.97 Å². The van der Waals surface area contributed by atoms with Crippen LogP contribution in [0.2, 0.25) is 0 Å². The van der Waals surface area contributed by atoms with Gasteiger partial charge in [0.1, 0.15) is 11.1 Å². The Kier molecular flexibility index (Phi) is 5.74. The molecule has 0 spiro atoms. The highest BCUT2D eigenvalue weighted by Gasteiger charge is 2.57. The predicted octanol–water partition coefficient (Wildman–Crippen LogP) is 3.40. The zero-order valence-electron chi connectivity index (χ0n) is 17.0. The fourth-order valence-corrected chi connectivity index (χ4v) is 6.01. The number of fused-ring (bicyclic) bond motifs is 2. The molecule has 0 radical (unpaired) electrons. The number of rotatable bonds is 6. The largest absolute Gasteiger partial charge is 0.464 e. The minimum absolute atomic E-state index is 0.241. The van der Waals surface area contributed by atoms with Crippen LogP contribution in [-0.4, -0.2) is 47.0 Å². The maximum absolute atomic E-state index is 12.5. The summed E-state index contributed by atoms with van der Waals surface area (Å²) in [6, 6.07) is 10.1. The lowest BCUT2D eigenvalue weighted by Crippen LogP contribution is -2.60. The molecule has 8 heteroatoms. The molecule has 2 aromatic carbocycles. The summed E-state index contributed by atoms with van der Waals surface area (Å²) in [6.07, 6.45) is 0.0716. The van der Waals surface area contributed by atoms with Gasteiger partial charge in [-0.3, -0.25) is 9.69 Å². The Bertz CT molecular complexity index is 1070. The Morgan fingerprint density at radius 2 is 2.13 bits per heavy atom. The van der Waals surface area contributed by atoms with Crippen molar-refractivity contribution in [3.05, 3.63) is 46.5 Å². The zero-order valence-corrected chi connectivity index (χ0v) is 18.7. The maximum atomic E-state index is 12.5. The number of benzene rings is 2. The number of carbonyl (C=O) groups excluding carboxylic acids is 2. The third-order valence-electron chi connectivity index (χ3n) is 5.67. The van der Waals surface area contributed by atoms with Crippen molar-refractivity contribution in [1.82, 2.24) is 4.90 Å². The van der Waals surface area contributed by atoms with Gasteiger partial charge in [0.05, 0.1) is 19.1 Å². The van der Waals surface area contributed by atoms with Crippen molar-refractivity contribution in [2.75, 3.05) is 19.0 Å². The van der Waals surface area contributed by atoms with Crippen LogP contribution in [0.5, 0.6) is 0 Å². The minimum Gasteiger partial charge on any atom is -0.464 e. The second-order valence-corrected chi connectivity index (χ2v) is 9.12. The van der Waals surface area contributed by atoms with Crippen molar-refractivity contribution < 1.29 is 19.4 Å². The van der Waals surface area contributed by atoms with Crippen molar-refractivity contribution in [3.63, 3.8) is 0 Å². The van der Waals surface area contributed by atoms with Crippen LogP contribution >= 0.6 is 24.4 Å². The topological polar surface area (TPSA) is 78.9 Å². The summed E-state index contributed by atoms with van der Waals surface area (Å²) in [6.45, 7) is 4.07. The first-order valence-electron chi connectivity index (χ1n) is 9.85. The first-order valence-corrected chi connectivity index (χ1v) is 11.2. The molecule has 4 rings (SSSR count). The Labute approximate surface area is 185 Å². The third-order valence-corrected chi connectivity index (χ3v) is 7.41. The van der Waals surface area contributed by atoms with E-state index in [1.165, 1.54) is 23.8 Å². The molecular formula is C22H24N2O4S2. The van der Waals surface area contributed by atoms with Crippen molar-refractivity contribution >= 4 is 52.7 Å². The second-order valence-electron chi connectivity index (χ2n) is 7.43. The number of nitrogens with zero attached hydrogens (tertiary/aromatic N) is 1. The van der Waals surface area contributed by atoms with E-state index in [-0.39, 0.29) is 17.0 Å². The fraction of sp³-hybridized carbons (Fsp3) is 0.364. The fourth-order valence-electron chi connectivity index (χ4n) is 4.13. The number of thiol groups is 1. The minimum atomic E-state index is -0.769. The Morgan fingerprint density at radius 1 is 1.37 bits per heavy atom. The number of amides is 1. The summed E-state index contributed by atoms with van der Waals surface area (Å²) in [5, 5.41) is 15.3. The number of nitrogens with one attached hydrogen (secondary N) is 1. The van der Waals surface area contributed by atoms with Gasteiger partial charge in [-0.25, -0.2) is 4.79 Å². The van der Waals surface area contributed by atoms with Gasteiger partial charge in [-0.2, -0.15) is 0 Å². The van der Waals surface area contributed by atoms with Gasteiger partial charge in [0.2, 0.25) is 5.91 Å². The number of hydrogen-bond donors (Lipinski definition) is 3. The average molecular weight is 445 g/mol. The highest BCUT2D eigenvalue weighted by molar-refractivity contribution is 8.04. The van der Waals surface area contributed by atoms with Gasteiger partial charge in [0.15, 0.2) is 0 Å². The van der Waals surface area contributed by atoms with Crippen LogP contribution in [0.4, 0.5) is 5.69 Å². The first kappa shape index (κ1) is 21.1. The van der Waals surface area contributed by atoms with Crippen molar-refractivity contribution in [2.24, 2.45) is 5.92 Å². The molecule has 0 saturated carbocycles. The van der Waals surface area contributed by atoms with Gasteiger partial charge in [-0.15, -0.1) is 12.6 Å². The number of thioether (sulfide) groups is 1. The van der Waals surface area contributed by atoms with E-state index in [4.69, 9.17) is 4.74 Å². The lowest BCUT2D eigenvalue weighted by molar-refractivity contribution is -0.157. The molecular weight excluding hydrogens is 420 g/mol. The Hall–Kier alpha value is -2.16. The number of anilines is 1. The Balaban J connectivity index is 1.69. The summed E-state index contributed by atoms with van der Waals surface area (Å²) < 4.78 is 4.94. The van der Waals surface area contributed by atoms with Crippen LogP contribution in [0, 0.1) is 5.92 Å². The predicted molar refractivity (Wildman–Crippen MR) is 122 cm³/mol. The van der Waals surface area contributed by atoms with Crippen LogP contribution < -0.4 is 5.32 Å². The Morgan fingerprint density at radius 3 is 2.80 bits per heavy atom. The van der Waals surface area contributed by atoms with Crippen molar-refractivity contribution in [2.45, 2.75) is 36.6 Å². The number of carbonyl (C=O) groups is 2. The van der Waals surface area contributed by atoms with Crippen molar-refractivity contribution in [3.8, 4) is 0 Å². The van der Waals surface area contributed by atoms with Gasteiger partial charge < -0.3 is 15.2 Å². The molecule has 1 amide bonds. The molecule has 0 aromatic heterocycles. The van der Waals surface area contributed by atoms with E-state index in [1.807, 2.05) is 18.2 Å². The lowest BCUT2D eigenvalue weighted by Gasteiger charge is -2.43. The molecule has 30 heavy (non-hydrogen) atoms. The summed E-state index contributed by atoms with van der Waals surface area (Å²) >= 11 is 6.08. The van der Waals surface area contributed by atoms with Gasteiger partial charge in [-0.1, -0.05) is 43.0 Å². The van der Waals surface area contributed by atoms with E-state index in [2.05, 4.69) is 37.0 Å². The molecule has 2 heterocycles. The molecule has 158 valence electrons.